The summed E-state index contributed by atoms with van der Waals surface area (Å²) in [5.41, 5.74) is 1.86. The van der Waals surface area contributed by atoms with Crippen molar-refractivity contribution in [3.63, 3.8) is 0 Å². The number of nitrogens with one attached hydrogen (secondary N) is 1. The van der Waals surface area contributed by atoms with Crippen molar-refractivity contribution in [2.24, 2.45) is 5.92 Å². The number of anilines is 1. The Morgan fingerprint density at radius 3 is 2.59 bits per heavy atom. The van der Waals surface area contributed by atoms with Crippen molar-refractivity contribution >= 4 is 17.6 Å². The van der Waals surface area contributed by atoms with Crippen molar-refractivity contribution in [2.75, 3.05) is 11.9 Å². The largest absolute Gasteiger partial charge is 0.456 e. The number of hydrogen-bond donors (Lipinski definition) is 1. The van der Waals surface area contributed by atoms with Gasteiger partial charge >= 0.3 is 5.97 Å². The fourth-order valence-electron chi connectivity index (χ4n) is 2.96. The van der Waals surface area contributed by atoms with Gasteiger partial charge in [0.1, 0.15) is 0 Å². The lowest BCUT2D eigenvalue weighted by atomic mass is 10.0. The van der Waals surface area contributed by atoms with Crippen molar-refractivity contribution in [3.8, 4) is 0 Å². The second kappa shape index (κ2) is 7.97. The highest BCUT2D eigenvalue weighted by Gasteiger charge is 2.20. The first-order valence-electron chi connectivity index (χ1n) is 8.10. The van der Waals surface area contributed by atoms with Crippen LogP contribution >= 0.6 is 0 Å². The number of hydrogen-bond acceptors (Lipinski definition) is 3. The number of para-hydroxylation sites is 1. The van der Waals surface area contributed by atoms with E-state index in [-0.39, 0.29) is 18.5 Å². The summed E-state index contributed by atoms with van der Waals surface area (Å²) in [5, 5.41) is 2.82. The molecule has 22 heavy (non-hydrogen) atoms. The molecule has 4 nitrogen and oxygen atoms in total. The summed E-state index contributed by atoms with van der Waals surface area (Å²) in [6.45, 7) is 3.94. The lowest BCUT2D eigenvalue weighted by Gasteiger charge is -2.14. The Labute approximate surface area is 132 Å². The van der Waals surface area contributed by atoms with E-state index >= 15 is 0 Å². The van der Waals surface area contributed by atoms with E-state index < -0.39 is 0 Å². The molecule has 4 heteroatoms. The Morgan fingerprint density at radius 2 is 1.91 bits per heavy atom. The van der Waals surface area contributed by atoms with Crippen molar-refractivity contribution in [3.05, 3.63) is 29.8 Å². The molecular weight excluding hydrogens is 278 g/mol. The Hall–Kier alpha value is -1.84. The van der Waals surface area contributed by atoms with E-state index in [2.05, 4.69) is 19.2 Å². The van der Waals surface area contributed by atoms with Gasteiger partial charge in [0.15, 0.2) is 6.61 Å². The summed E-state index contributed by atoms with van der Waals surface area (Å²) in [7, 11) is 0. The summed E-state index contributed by atoms with van der Waals surface area (Å²) in [6, 6.07) is 7.69. The van der Waals surface area contributed by atoms with E-state index in [9.17, 15) is 9.59 Å². The highest BCUT2D eigenvalue weighted by molar-refractivity contribution is 5.93. The Morgan fingerprint density at radius 1 is 1.23 bits per heavy atom. The third kappa shape index (κ3) is 4.86. The van der Waals surface area contributed by atoms with Crippen molar-refractivity contribution in [1.29, 1.82) is 0 Å². The quantitative estimate of drug-likeness (QED) is 0.812. The first-order valence-corrected chi connectivity index (χ1v) is 8.10. The van der Waals surface area contributed by atoms with E-state index in [1.807, 2.05) is 24.3 Å². The molecule has 1 N–H and O–H groups in total. The van der Waals surface area contributed by atoms with Crippen LogP contribution in [0.3, 0.4) is 0 Å². The second-order valence-electron chi connectivity index (χ2n) is 6.31. The molecule has 0 spiro atoms. The van der Waals surface area contributed by atoms with Gasteiger partial charge < -0.3 is 10.1 Å². The molecule has 1 fully saturated rings. The van der Waals surface area contributed by atoms with Gasteiger partial charge in [-0.2, -0.15) is 0 Å². The molecule has 0 saturated heterocycles. The predicted molar refractivity (Wildman–Crippen MR) is 86.7 cm³/mol. The zero-order valence-electron chi connectivity index (χ0n) is 13.4. The van der Waals surface area contributed by atoms with Gasteiger partial charge in [-0.15, -0.1) is 0 Å². The van der Waals surface area contributed by atoms with Crippen LogP contribution in [-0.4, -0.2) is 18.5 Å². The first-order chi connectivity index (χ1) is 10.6. The van der Waals surface area contributed by atoms with Crippen LogP contribution in [-0.2, 0) is 14.3 Å². The number of benzene rings is 1. The van der Waals surface area contributed by atoms with Gasteiger partial charge in [0.05, 0.1) is 0 Å². The molecule has 0 bridgehead atoms. The second-order valence-corrected chi connectivity index (χ2v) is 6.31. The fourth-order valence-corrected chi connectivity index (χ4v) is 2.96. The predicted octanol–water partition coefficient (Wildman–Crippen LogP) is 3.87. The van der Waals surface area contributed by atoms with Crippen LogP contribution < -0.4 is 5.32 Å². The fraction of sp³-hybridized carbons (Fsp3) is 0.556. The molecule has 2 rings (SSSR count). The standard InChI is InChI=1S/C18H25NO3/c1-13(2)15-9-5-6-10-16(15)19-17(20)12-22-18(21)11-14-7-3-4-8-14/h5-6,9-10,13-14H,3-4,7-8,11-12H2,1-2H3,(H,19,20). The van der Waals surface area contributed by atoms with Crippen LogP contribution in [0.1, 0.15) is 57.4 Å². The van der Waals surface area contributed by atoms with Gasteiger partial charge in [-0.1, -0.05) is 44.9 Å². The summed E-state index contributed by atoms with van der Waals surface area (Å²) in [4.78, 5) is 23.7. The maximum atomic E-state index is 11.9. The van der Waals surface area contributed by atoms with Crippen LogP contribution in [0.2, 0.25) is 0 Å². The van der Waals surface area contributed by atoms with E-state index in [4.69, 9.17) is 4.74 Å². The van der Waals surface area contributed by atoms with Gasteiger partial charge in [-0.3, -0.25) is 9.59 Å². The SMILES string of the molecule is CC(C)c1ccccc1NC(=O)COC(=O)CC1CCCC1. The Kier molecular flexibility index (Phi) is 5.99. The van der Waals surface area contributed by atoms with E-state index in [1.54, 1.807) is 0 Å². The van der Waals surface area contributed by atoms with E-state index in [0.29, 0.717) is 18.3 Å². The number of carbonyl (C=O) groups excluding carboxylic acids is 2. The van der Waals surface area contributed by atoms with Gasteiger partial charge in [-0.05, 0) is 36.3 Å². The normalized spacial score (nSPS) is 15.0. The highest BCUT2D eigenvalue weighted by atomic mass is 16.5. The number of carbonyl (C=O) groups is 2. The number of ether oxygens (including phenoxy) is 1. The first kappa shape index (κ1) is 16.5. The maximum Gasteiger partial charge on any atom is 0.306 e. The lowest BCUT2D eigenvalue weighted by Crippen LogP contribution is -2.22. The summed E-state index contributed by atoms with van der Waals surface area (Å²) >= 11 is 0. The van der Waals surface area contributed by atoms with Crippen molar-refractivity contribution in [2.45, 2.75) is 51.9 Å². The molecular formula is C18H25NO3. The minimum absolute atomic E-state index is 0.210. The highest BCUT2D eigenvalue weighted by Crippen LogP contribution is 2.27. The molecule has 1 aromatic carbocycles. The van der Waals surface area contributed by atoms with Crippen LogP contribution in [0.25, 0.3) is 0 Å². The van der Waals surface area contributed by atoms with Gasteiger partial charge in [0.2, 0.25) is 0 Å². The minimum atomic E-state index is -0.284. The molecule has 0 radical (unpaired) electrons. The number of esters is 1. The molecule has 1 aliphatic rings. The molecule has 0 unspecified atom stereocenters. The number of rotatable bonds is 6. The Bertz CT molecular complexity index is 519. The third-order valence-electron chi connectivity index (χ3n) is 4.15. The van der Waals surface area contributed by atoms with E-state index in [1.165, 1.54) is 12.8 Å². The van der Waals surface area contributed by atoms with Crippen molar-refractivity contribution < 1.29 is 14.3 Å². The van der Waals surface area contributed by atoms with Crippen LogP contribution in [0.15, 0.2) is 24.3 Å². The van der Waals surface area contributed by atoms with Gasteiger partial charge in [0.25, 0.3) is 5.91 Å². The molecule has 1 aromatic rings. The molecule has 0 aliphatic heterocycles. The monoisotopic (exact) mass is 303 g/mol. The van der Waals surface area contributed by atoms with Gasteiger partial charge in [-0.25, -0.2) is 0 Å². The molecule has 120 valence electrons. The van der Waals surface area contributed by atoms with Gasteiger partial charge in [0, 0.05) is 12.1 Å². The van der Waals surface area contributed by atoms with E-state index in [0.717, 1.165) is 24.1 Å². The van der Waals surface area contributed by atoms with Crippen LogP contribution in [0, 0.1) is 5.92 Å². The number of amides is 1. The summed E-state index contributed by atoms with van der Waals surface area (Å²) in [5.74, 6) is 0.214. The maximum absolute atomic E-state index is 11.9. The average Bonchev–Trinajstić information content (AvgIpc) is 2.98. The third-order valence-corrected chi connectivity index (χ3v) is 4.15. The Balaban J connectivity index is 1.79. The zero-order chi connectivity index (χ0) is 15.9. The molecule has 1 aliphatic carbocycles. The molecule has 1 saturated carbocycles. The molecule has 1 amide bonds. The topological polar surface area (TPSA) is 55.4 Å². The summed E-state index contributed by atoms with van der Waals surface area (Å²) < 4.78 is 5.09. The van der Waals surface area contributed by atoms with Crippen LogP contribution in [0.4, 0.5) is 5.69 Å². The summed E-state index contributed by atoms with van der Waals surface area (Å²) in [6.07, 6.45) is 5.04. The van der Waals surface area contributed by atoms with Crippen LogP contribution in [0.5, 0.6) is 0 Å². The minimum Gasteiger partial charge on any atom is -0.456 e. The average molecular weight is 303 g/mol. The molecule has 0 heterocycles. The molecule has 0 atom stereocenters. The lowest BCUT2D eigenvalue weighted by molar-refractivity contribution is -0.148. The zero-order valence-corrected chi connectivity index (χ0v) is 13.4. The molecule has 0 aromatic heterocycles. The van der Waals surface area contributed by atoms with Crippen molar-refractivity contribution in [1.82, 2.24) is 0 Å². The smallest absolute Gasteiger partial charge is 0.306 e.